The number of piperazine rings is 1. The molecule has 0 saturated carbocycles. The molecule has 146 valence electrons. The summed E-state index contributed by atoms with van der Waals surface area (Å²) in [5.74, 6) is -0.365. The summed E-state index contributed by atoms with van der Waals surface area (Å²) in [4.78, 5) is 19.3. The first-order valence-corrected chi connectivity index (χ1v) is 8.87. The van der Waals surface area contributed by atoms with Gasteiger partial charge < -0.3 is 10.2 Å². The third-order valence-electron chi connectivity index (χ3n) is 4.88. The molecule has 1 atom stereocenters. The summed E-state index contributed by atoms with van der Waals surface area (Å²) in [6.07, 6.45) is 5.11. The lowest BCUT2D eigenvalue weighted by molar-refractivity contribution is 0.0633. The molecule has 4 rings (SSSR count). The van der Waals surface area contributed by atoms with Crippen molar-refractivity contribution in [1.82, 2.24) is 25.0 Å². The summed E-state index contributed by atoms with van der Waals surface area (Å²) in [7, 11) is 0. The standard InChI is InChI=1S/C20H20FN5O.ClH/c1-14-18(12-24-26(14)17-6-4-16(21)5-7-17)20(27)25-10-9-23-13-19(25)15-3-2-8-22-11-15;/h2-8,11-12,19,23H,9-10,13H2,1H3;1H. The molecule has 0 aliphatic carbocycles. The minimum absolute atomic E-state index is 0. The Morgan fingerprint density at radius 3 is 2.71 bits per heavy atom. The van der Waals surface area contributed by atoms with Crippen LogP contribution in [0.5, 0.6) is 0 Å². The number of rotatable bonds is 3. The maximum atomic E-state index is 13.3. The second-order valence-electron chi connectivity index (χ2n) is 6.54. The maximum Gasteiger partial charge on any atom is 0.257 e. The number of hydrogen-bond acceptors (Lipinski definition) is 4. The monoisotopic (exact) mass is 401 g/mol. The van der Waals surface area contributed by atoms with E-state index in [4.69, 9.17) is 0 Å². The fraction of sp³-hybridized carbons (Fsp3) is 0.250. The average molecular weight is 402 g/mol. The lowest BCUT2D eigenvalue weighted by Gasteiger charge is -2.36. The van der Waals surface area contributed by atoms with Gasteiger partial charge in [-0.3, -0.25) is 9.78 Å². The van der Waals surface area contributed by atoms with Gasteiger partial charge in [0.25, 0.3) is 5.91 Å². The first-order chi connectivity index (χ1) is 13.1. The van der Waals surface area contributed by atoms with E-state index in [1.165, 1.54) is 12.1 Å². The van der Waals surface area contributed by atoms with E-state index >= 15 is 0 Å². The molecule has 3 heterocycles. The quantitative estimate of drug-likeness (QED) is 0.733. The Labute approximate surface area is 168 Å². The van der Waals surface area contributed by atoms with Crippen LogP contribution >= 0.6 is 12.4 Å². The molecule has 28 heavy (non-hydrogen) atoms. The molecule has 1 aliphatic heterocycles. The highest BCUT2D eigenvalue weighted by Gasteiger charge is 2.30. The van der Waals surface area contributed by atoms with Gasteiger partial charge in [-0.1, -0.05) is 6.07 Å². The number of carbonyl (C=O) groups excluding carboxylic acids is 1. The van der Waals surface area contributed by atoms with Gasteiger partial charge in [-0.15, -0.1) is 12.4 Å². The Morgan fingerprint density at radius 1 is 1.21 bits per heavy atom. The molecule has 1 aliphatic rings. The molecule has 2 aromatic heterocycles. The Hall–Kier alpha value is -2.77. The van der Waals surface area contributed by atoms with E-state index in [0.717, 1.165) is 23.5 Å². The minimum atomic E-state index is -0.306. The summed E-state index contributed by atoms with van der Waals surface area (Å²) < 4.78 is 14.8. The van der Waals surface area contributed by atoms with Crippen molar-refractivity contribution in [3.8, 4) is 5.69 Å². The van der Waals surface area contributed by atoms with Crippen molar-refractivity contribution >= 4 is 18.3 Å². The van der Waals surface area contributed by atoms with Crippen molar-refractivity contribution in [3.05, 3.63) is 77.6 Å². The van der Waals surface area contributed by atoms with Crippen LogP contribution < -0.4 is 5.32 Å². The summed E-state index contributed by atoms with van der Waals surface area (Å²) in [6.45, 7) is 3.89. The number of benzene rings is 1. The van der Waals surface area contributed by atoms with Gasteiger partial charge in [0, 0.05) is 32.0 Å². The van der Waals surface area contributed by atoms with Gasteiger partial charge in [-0.25, -0.2) is 9.07 Å². The van der Waals surface area contributed by atoms with Gasteiger partial charge in [0.2, 0.25) is 0 Å². The number of halogens is 2. The molecule has 1 saturated heterocycles. The fourth-order valence-electron chi connectivity index (χ4n) is 3.44. The van der Waals surface area contributed by atoms with Crippen LogP contribution in [0, 0.1) is 12.7 Å². The molecular formula is C20H21ClFN5O. The molecule has 6 nitrogen and oxygen atoms in total. The zero-order chi connectivity index (χ0) is 18.8. The van der Waals surface area contributed by atoms with Crippen LogP contribution in [-0.2, 0) is 0 Å². The lowest BCUT2D eigenvalue weighted by Crippen LogP contribution is -2.48. The van der Waals surface area contributed by atoms with Gasteiger partial charge in [0.15, 0.2) is 0 Å². The van der Waals surface area contributed by atoms with E-state index in [0.29, 0.717) is 18.7 Å². The second kappa shape index (κ2) is 8.50. The smallest absolute Gasteiger partial charge is 0.257 e. The predicted octanol–water partition coefficient (Wildman–Crippen LogP) is 2.92. The number of hydrogen-bond donors (Lipinski definition) is 1. The number of aromatic nitrogens is 3. The summed E-state index contributed by atoms with van der Waals surface area (Å²) in [6, 6.07) is 9.84. The second-order valence-corrected chi connectivity index (χ2v) is 6.54. The van der Waals surface area contributed by atoms with E-state index in [1.54, 1.807) is 35.4 Å². The van der Waals surface area contributed by atoms with E-state index in [9.17, 15) is 9.18 Å². The molecule has 1 fully saturated rings. The van der Waals surface area contributed by atoms with Crippen LogP contribution in [0.3, 0.4) is 0 Å². The minimum Gasteiger partial charge on any atom is -0.329 e. The van der Waals surface area contributed by atoms with Crippen LogP contribution in [0.25, 0.3) is 5.69 Å². The van der Waals surface area contributed by atoms with E-state index < -0.39 is 0 Å². The Balaban J connectivity index is 0.00000225. The topological polar surface area (TPSA) is 63.1 Å². The Bertz CT molecular complexity index is 945. The van der Waals surface area contributed by atoms with Crippen LogP contribution in [0.2, 0.25) is 0 Å². The van der Waals surface area contributed by atoms with Crippen molar-refractivity contribution < 1.29 is 9.18 Å². The van der Waals surface area contributed by atoms with Gasteiger partial charge in [0.1, 0.15) is 5.82 Å². The van der Waals surface area contributed by atoms with Gasteiger partial charge >= 0.3 is 0 Å². The first kappa shape index (κ1) is 20.0. The predicted molar refractivity (Wildman–Crippen MR) is 106 cm³/mol. The lowest BCUT2D eigenvalue weighted by atomic mass is 10.0. The Kier molecular flexibility index (Phi) is 6.06. The van der Waals surface area contributed by atoms with Crippen LogP contribution in [0.15, 0.2) is 55.0 Å². The SMILES string of the molecule is Cc1c(C(=O)N2CCNCC2c2cccnc2)cnn1-c1ccc(F)cc1.Cl. The maximum absolute atomic E-state index is 13.3. The van der Waals surface area contributed by atoms with Crippen molar-refractivity contribution in [1.29, 1.82) is 0 Å². The van der Waals surface area contributed by atoms with E-state index in [2.05, 4.69) is 15.4 Å². The highest BCUT2D eigenvalue weighted by molar-refractivity contribution is 5.95. The number of nitrogens with one attached hydrogen (secondary N) is 1. The molecule has 1 amide bonds. The van der Waals surface area contributed by atoms with E-state index in [1.807, 2.05) is 24.0 Å². The van der Waals surface area contributed by atoms with Gasteiger partial charge in [-0.05, 0) is 42.8 Å². The molecule has 3 aromatic rings. The molecular weight excluding hydrogens is 381 g/mol. The zero-order valence-electron chi connectivity index (χ0n) is 15.4. The zero-order valence-corrected chi connectivity index (χ0v) is 16.2. The number of amides is 1. The first-order valence-electron chi connectivity index (χ1n) is 8.87. The number of pyridine rings is 1. The summed E-state index contributed by atoms with van der Waals surface area (Å²) in [5.41, 5.74) is 3.00. The molecule has 0 radical (unpaired) electrons. The molecule has 0 spiro atoms. The molecule has 1 aromatic carbocycles. The van der Waals surface area contributed by atoms with Crippen LogP contribution in [-0.4, -0.2) is 45.2 Å². The highest BCUT2D eigenvalue weighted by Crippen LogP contribution is 2.25. The third-order valence-corrected chi connectivity index (χ3v) is 4.88. The van der Waals surface area contributed by atoms with Crippen molar-refractivity contribution in [3.63, 3.8) is 0 Å². The van der Waals surface area contributed by atoms with Crippen molar-refractivity contribution in [2.45, 2.75) is 13.0 Å². The molecule has 1 unspecified atom stereocenters. The third kappa shape index (κ3) is 3.76. The van der Waals surface area contributed by atoms with Gasteiger partial charge in [-0.2, -0.15) is 5.10 Å². The van der Waals surface area contributed by atoms with E-state index in [-0.39, 0.29) is 30.2 Å². The van der Waals surface area contributed by atoms with Crippen molar-refractivity contribution in [2.75, 3.05) is 19.6 Å². The molecule has 8 heteroatoms. The van der Waals surface area contributed by atoms with Crippen LogP contribution in [0.1, 0.15) is 27.7 Å². The average Bonchev–Trinajstić information content (AvgIpc) is 3.10. The van der Waals surface area contributed by atoms with Gasteiger partial charge in [0.05, 0.1) is 29.2 Å². The summed E-state index contributed by atoms with van der Waals surface area (Å²) >= 11 is 0. The number of carbonyl (C=O) groups is 1. The molecule has 0 bridgehead atoms. The molecule has 1 N–H and O–H groups in total. The highest BCUT2D eigenvalue weighted by atomic mass is 35.5. The normalized spacial score (nSPS) is 16.5. The largest absolute Gasteiger partial charge is 0.329 e. The van der Waals surface area contributed by atoms with Crippen molar-refractivity contribution in [2.24, 2.45) is 0 Å². The summed E-state index contributed by atoms with van der Waals surface area (Å²) in [5, 5.41) is 7.69. The Morgan fingerprint density at radius 2 is 2.00 bits per heavy atom. The number of nitrogens with zero attached hydrogens (tertiary/aromatic N) is 4. The fourth-order valence-corrected chi connectivity index (χ4v) is 3.44. The van der Waals surface area contributed by atoms with Crippen LogP contribution in [0.4, 0.5) is 4.39 Å².